The fourth-order valence-corrected chi connectivity index (χ4v) is 3.73. The first-order chi connectivity index (χ1) is 13.2. The largest absolute Gasteiger partial charge is 0.302 e. The van der Waals surface area contributed by atoms with Gasteiger partial charge in [0.2, 0.25) is 5.91 Å². The van der Waals surface area contributed by atoms with Gasteiger partial charge in [0.05, 0.1) is 17.9 Å². The molecule has 1 amide bonds. The Morgan fingerprint density at radius 2 is 1.37 bits per heavy atom. The molecule has 0 saturated carbocycles. The van der Waals surface area contributed by atoms with Crippen LogP contribution in [0, 0.1) is 0 Å². The molecule has 3 aromatic carbocycles. The van der Waals surface area contributed by atoms with Gasteiger partial charge in [0.25, 0.3) is 0 Å². The van der Waals surface area contributed by atoms with Crippen LogP contribution in [0.5, 0.6) is 0 Å². The Balaban J connectivity index is 1.61. The third kappa shape index (κ3) is 3.64. The average molecular weight is 356 g/mol. The Kier molecular flexibility index (Phi) is 5.03. The van der Waals surface area contributed by atoms with Gasteiger partial charge in [-0.05, 0) is 48.6 Å². The van der Waals surface area contributed by atoms with Crippen molar-refractivity contribution >= 4 is 17.3 Å². The van der Waals surface area contributed by atoms with Gasteiger partial charge in [-0.1, -0.05) is 66.7 Å². The summed E-state index contributed by atoms with van der Waals surface area (Å²) in [6.45, 7) is 2.38. The highest BCUT2D eigenvalue weighted by Gasteiger charge is 2.25. The summed E-state index contributed by atoms with van der Waals surface area (Å²) >= 11 is 0. The highest BCUT2D eigenvalue weighted by Crippen LogP contribution is 2.35. The van der Waals surface area contributed by atoms with Crippen LogP contribution in [-0.2, 0) is 17.6 Å². The van der Waals surface area contributed by atoms with E-state index in [1.54, 1.807) is 0 Å². The Morgan fingerprint density at radius 3 is 1.96 bits per heavy atom. The van der Waals surface area contributed by atoms with E-state index in [1.807, 2.05) is 47.4 Å². The molecule has 0 aliphatic carbocycles. The van der Waals surface area contributed by atoms with E-state index in [0.717, 1.165) is 24.2 Å². The first-order valence-electron chi connectivity index (χ1n) is 9.51. The number of hydrogen-bond acceptors (Lipinski definition) is 2. The molecular formula is C24H24N2O. The highest BCUT2D eigenvalue weighted by atomic mass is 16.2. The molecule has 0 bridgehead atoms. The molecule has 1 atom stereocenters. The maximum absolute atomic E-state index is 13.3. The minimum atomic E-state index is 0.0691. The quantitative estimate of drug-likeness (QED) is 0.728. The number of carbonyl (C=O) groups is 1. The smallest absolute Gasteiger partial charge is 0.245 e. The number of para-hydroxylation sites is 2. The molecule has 4 rings (SSSR count). The number of nitrogens with zero attached hydrogens (tertiary/aromatic N) is 1. The second-order valence-electron chi connectivity index (χ2n) is 7.00. The van der Waals surface area contributed by atoms with Crippen molar-refractivity contribution in [2.45, 2.75) is 25.8 Å². The maximum Gasteiger partial charge on any atom is 0.245 e. The van der Waals surface area contributed by atoms with Crippen LogP contribution in [0.25, 0.3) is 0 Å². The SMILES string of the molecule is C[C@@H](NCC(=O)N1c2ccccc2CCc2ccccc21)c1ccccc1. The van der Waals surface area contributed by atoms with Crippen molar-refractivity contribution in [1.82, 2.24) is 5.32 Å². The van der Waals surface area contributed by atoms with Crippen molar-refractivity contribution in [2.24, 2.45) is 0 Å². The van der Waals surface area contributed by atoms with Crippen LogP contribution < -0.4 is 10.2 Å². The minimum Gasteiger partial charge on any atom is -0.302 e. The predicted molar refractivity (Wildman–Crippen MR) is 110 cm³/mol. The molecule has 1 aliphatic heterocycles. The molecule has 1 aliphatic rings. The molecule has 0 spiro atoms. The third-order valence-corrected chi connectivity index (χ3v) is 5.24. The second kappa shape index (κ2) is 7.77. The highest BCUT2D eigenvalue weighted by molar-refractivity contribution is 6.03. The lowest BCUT2D eigenvalue weighted by molar-refractivity contribution is -0.117. The zero-order valence-electron chi connectivity index (χ0n) is 15.6. The van der Waals surface area contributed by atoms with E-state index >= 15 is 0 Å². The molecule has 27 heavy (non-hydrogen) atoms. The van der Waals surface area contributed by atoms with Gasteiger partial charge in [-0.3, -0.25) is 9.69 Å². The van der Waals surface area contributed by atoms with Gasteiger partial charge in [-0.15, -0.1) is 0 Å². The summed E-state index contributed by atoms with van der Waals surface area (Å²) in [6.07, 6.45) is 1.90. The summed E-state index contributed by atoms with van der Waals surface area (Å²) in [6, 6.07) is 26.8. The minimum absolute atomic E-state index is 0.0691. The number of fused-ring (bicyclic) bond motifs is 2. The number of amides is 1. The number of anilines is 2. The number of carbonyl (C=O) groups excluding carboxylic acids is 1. The molecule has 3 nitrogen and oxygen atoms in total. The maximum atomic E-state index is 13.3. The predicted octanol–water partition coefficient (Wildman–Crippen LogP) is 4.80. The third-order valence-electron chi connectivity index (χ3n) is 5.24. The monoisotopic (exact) mass is 356 g/mol. The first kappa shape index (κ1) is 17.5. The van der Waals surface area contributed by atoms with Crippen LogP contribution in [-0.4, -0.2) is 12.5 Å². The molecule has 0 fully saturated rings. The van der Waals surface area contributed by atoms with E-state index in [-0.39, 0.29) is 11.9 Å². The van der Waals surface area contributed by atoms with Crippen molar-refractivity contribution in [1.29, 1.82) is 0 Å². The number of nitrogens with one attached hydrogen (secondary N) is 1. The summed E-state index contributed by atoms with van der Waals surface area (Å²) in [5, 5.41) is 3.39. The van der Waals surface area contributed by atoms with Crippen molar-refractivity contribution < 1.29 is 4.79 Å². The number of hydrogen-bond donors (Lipinski definition) is 1. The second-order valence-corrected chi connectivity index (χ2v) is 7.00. The van der Waals surface area contributed by atoms with Gasteiger partial charge in [0, 0.05) is 6.04 Å². The lowest BCUT2D eigenvalue weighted by atomic mass is 10.0. The summed E-state index contributed by atoms with van der Waals surface area (Å²) in [4.78, 5) is 15.2. The number of benzene rings is 3. The number of aryl methyl sites for hydroxylation is 2. The molecular weight excluding hydrogens is 332 g/mol. The van der Waals surface area contributed by atoms with E-state index in [4.69, 9.17) is 0 Å². The lowest BCUT2D eigenvalue weighted by Gasteiger charge is -2.26. The van der Waals surface area contributed by atoms with Crippen LogP contribution in [0.2, 0.25) is 0 Å². The van der Waals surface area contributed by atoms with E-state index in [9.17, 15) is 4.79 Å². The van der Waals surface area contributed by atoms with Crippen LogP contribution in [0.1, 0.15) is 29.7 Å². The summed E-state index contributed by atoms with van der Waals surface area (Å²) in [5.41, 5.74) is 5.63. The average Bonchev–Trinajstić information content (AvgIpc) is 2.89. The van der Waals surface area contributed by atoms with Gasteiger partial charge in [-0.2, -0.15) is 0 Å². The van der Waals surface area contributed by atoms with Crippen molar-refractivity contribution in [3.05, 3.63) is 95.6 Å². The van der Waals surface area contributed by atoms with Gasteiger partial charge in [0.1, 0.15) is 0 Å². The van der Waals surface area contributed by atoms with Gasteiger partial charge in [0.15, 0.2) is 0 Å². The molecule has 1 heterocycles. The fraction of sp³-hybridized carbons (Fsp3) is 0.208. The summed E-state index contributed by atoms with van der Waals surface area (Å²) in [5.74, 6) is 0.0691. The van der Waals surface area contributed by atoms with Crippen LogP contribution in [0.3, 0.4) is 0 Å². The first-order valence-corrected chi connectivity index (χ1v) is 9.51. The van der Waals surface area contributed by atoms with Crippen molar-refractivity contribution in [3.8, 4) is 0 Å². The number of rotatable bonds is 4. The lowest BCUT2D eigenvalue weighted by Crippen LogP contribution is -2.36. The fourth-order valence-electron chi connectivity index (χ4n) is 3.73. The van der Waals surface area contributed by atoms with E-state index in [1.165, 1.54) is 16.7 Å². The van der Waals surface area contributed by atoms with Crippen LogP contribution >= 0.6 is 0 Å². The van der Waals surface area contributed by atoms with E-state index in [2.05, 4.69) is 48.6 Å². The molecule has 0 unspecified atom stereocenters. The van der Waals surface area contributed by atoms with Crippen molar-refractivity contribution in [3.63, 3.8) is 0 Å². The van der Waals surface area contributed by atoms with Gasteiger partial charge in [-0.25, -0.2) is 0 Å². The summed E-state index contributed by atoms with van der Waals surface area (Å²) in [7, 11) is 0. The van der Waals surface area contributed by atoms with Gasteiger partial charge >= 0.3 is 0 Å². The molecule has 3 heteroatoms. The molecule has 1 N–H and O–H groups in total. The Bertz CT molecular complexity index is 888. The van der Waals surface area contributed by atoms with Crippen molar-refractivity contribution in [2.75, 3.05) is 11.4 Å². The molecule has 0 aromatic heterocycles. The van der Waals surface area contributed by atoms with Crippen LogP contribution in [0.4, 0.5) is 11.4 Å². The molecule has 0 saturated heterocycles. The normalized spacial score (nSPS) is 14.0. The molecule has 3 aromatic rings. The molecule has 136 valence electrons. The standard InChI is InChI=1S/C24H24N2O/c1-18(19-9-3-2-4-10-19)25-17-24(27)26-22-13-7-5-11-20(22)15-16-21-12-6-8-14-23(21)26/h2-14,18,25H,15-17H2,1H3/t18-/m1/s1. The zero-order valence-corrected chi connectivity index (χ0v) is 15.6. The van der Waals surface area contributed by atoms with E-state index in [0.29, 0.717) is 6.54 Å². The Labute approximate surface area is 160 Å². The summed E-state index contributed by atoms with van der Waals surface area (Å²) < 4.78 is 0. The topological polar surface area (TPSA) is 32.3 Å². The van der Waals surface area contributed by atoms with Gasteiger partial charge < -0.3 is 5.32 Å². The Morgan fingerprint density at radius 1 is 0.852 bits per heavy atom. The molecule has 0 radical (unpaired) electrons. The Hall–Kier alpha value is -2.91. The van der Waals surface area contributed by atoms with E-state index < -0.39 is 0 Å². The van der Waals surface area contributed by atoms with Crippen LogP contribution in [0.15, 0.2) is 78.9 Å². The zero-order chi connectivity index (χ0) is 18.6.